The van der Waals surface area contributed by atoms with E-state index in [1.807, 2.05) is 24.0 Å². The van der Waals surface area contributed by atoms with Gasteiger partial charge in [0, 0.05) is 36.3 Å². The minimum absolute atomic E-state index is 0.141. The summed E-state index contributed by atoms with van der Waals surface area (Å²) >= 11 is 9.43. The standard InChI is InChI=1S/C18H23BrClNO3/c1-2-16(22)13-7-9-21(10-8-13)18(23)4-3-11-24-17-6-5-14(19)12-15(17)20/h5-6,12-13H,2-4,7-11H2,1H3. The van der Waals surface area contributed by atoms with Crippen LogP contribution in [0.2, 0.25) is 5.02 Å². The lowest BCUT2D eigenvalue weighted by atomic mass is 9.91. The van der Waals surface area contributed by atoms with Gasteiger partial charge in [-0.2, -0.15) is 0 Å². The zero-order valence-electron chi connectivity index (χ0n) is 13.9. The molecule has 1 aliphatic heterocycles. The summed E-state index contributed by atoms with van der Waals surface area (Å²) in [5.41, 5.74) is 0. The molecule has 0 unspecified atom stereocenters. The lowest BCUT2D eigenvalue weighted by Crippen LogP contribution is -2.40. The highest BCUT2D eigenvalue weighted by atomic mass is 79.9. The highest BCUT2D eigenvalue weighted by Gasteiger charge is 2.25. The number of piperidine rings is 1. The van der Waals surface area contributed by atoms with Crippen LogP contribution in [0.25, 0.3) is 0 Å². The summed E-state index contributed by atoms with van der Waals surface area (Å²) in [6.45, 7) is 3.73. The van der Waals surface area contributed by atoms with Gasteiger partial charge >= 0.3 is 0 Å². The Kier molecular flexibility index (Phi) is 7.56. The van der Waals surface area contributed by atoms with E-state index in [2.05, 4.69) is 15.9 Å². The maximum Gasteiger partial charge on any atom is 0.222 e. The molecule has 0 saturated carbocycles. The molecule has 0 N–H and O–H groups in total. The molecule has 1 heterocycles. The number of benzene rings is 1. The molecule has 0 aliphatic carbocycles. The topological polar surface area (TPSA) is 46.6 Å². The second kappa shape index (κ2) is 9.42. The zero-order chi connectivity index (χ0) is 17.5. The van der Waals surface area contributed by atoms with Crippen molar-refractivity contribution < 1.29 is 14.3 Å². The van der Waals surface area contributed by atoms with Crippen LogP contribution in [0.15, 0.2) is 22.7 Å². The molecule has 0 spiro atoms. The van der Waals surface area contributed by atoms with Crippen LogP contribution in [-0.4, -0.2) is 36.3 Å². The van der Waals surface area contributed by atoms with Gasteiger partial charge in [0.05, 0.1) is 11.6 Å². The van der Waals surface area contributed by atoms with Crippen molar-refractivity contribution in [1.82, 2.24) is 4.90 Å². The molecule has 0 atom stereocenters. The molecule has 2 rings (SSSR count). The van der Waals surface area contributed by atoms with E-state index in [0.717, 1.165) is 17.3 Å². The fourth-order valence-electron chi connectivity index (χ4n) is 2.90. The van der Waals surface area contributed by atoms with Crippen LogP contribution in [0, 0.1) is 5.92 Å². The summed E-state index contributed by atoms with van der Waals surface area (Å²) in [6.07, 6.45) is 3.29. The molecule has 1 aromatic rings. The number of carbonyl (C=O) groups excluding carboxylic acids is 2. The van der Waals surface area contributed by atoms with Crippen LogP contribution in [-0.2, 0) is 9.59 Å². The van der Waals surface area contributed by atoms with E-state index in [1.165, 1.54) is 0 Å². The van der Waals surface area contributed by atoms with E-state index in [9.17, 15) is 9.59 Å². The fourth-order valence-corrected chi connectivity index (χ4v) is 3.62. The molecule has 24 heavy (non-hydrogen) atoms. The summed E-state index contributed by atoms with van der Waals surface area (Å²) in [6, 6.07) is 5.46. The number of hydrogen-bond donors (Lipinski definition) is 0. The predicted molar refractivity (Wildman–Crippen MR) is 98.5 cm³/mol. The number of halogens is 2. The predicted octanol–water partition coefficient (Wildman–Crippen LogP) is 4.48. The lowest BCUT2D eigenvalue weighted by Gasteiger charge is -2.31. The second-order valence-electron chi connectivity index (χ2n) is 6.00. The Bertz CT molecular complexity index is 586. The van der Waals surface area contributed by atoms with Crippen LogP contribution < -0.4 is 4.74 Å². The fraction of sp³-hybridized carbons (Fsp3) is 0.556. The first kappa shape index (κ1) is 19.3. The lowest BCUT2D eigenvalue weighted by molar-refractivity contribution is -0.135. The third-order valence-electron chi connectivity index (χ3n) is 4.34. The van der Waals surface area contributed by atoms with Gasteiger partial charge in [-0.05, 0) is 37.5 Å². The van der Waals surface area contributed by atoms with Crippen LogP contribution in [0.3, 0.4) is 0 Å². The highest BCUT2D eigenvalue weighted by Crippen LogP contribution is 2.28. The van der Waals surface area contributed by atoms with Crippen molar-refractivity contribution in [2.24, 2.45) is 5.92 Å². The summed E-state index contributed by atoms with van der Waals surface area (Å²) in [5.74, 6) is 1.23. The number of carbonyl (C=O) groups is 2. The Morgan fingerprint density at radius 3 is 2.67 bits per heavy atom. The van der Waals surface area contributed by atoms with E-state index in [-0.39, 0.29) is 11.8 Å². The van der Waals surface area contributed by atoms with Crippen LogP contribution in [0.1, 0.15) is 39.0 Å². The van der Waals surface area contributed by atoms with Crippen molar-refractivity contribution in [1.29, 1.82) is 0 Å². The average molecular weight is 417 g/mol. The summed E-state index contributed by atoms with van der Waals surface area (Å²) < 4.78 is 6.53. The van der Waals surface area contributed by atoms with Crippen molar-refractivity contribution in [2.45, 2.75) is 39.0 Å². The maximum atomic E-state index is 12.2. The first-order valence-corrected chi connectivity index (χ1v) is 9.56. The van der Waals surface area contributed by atoms with Crippen molar-refractivity contribution in [3.63, 3.8) is 0 Å². The summed E-state index contributed by atoms with van der Waals surface area (Å²) in [7, 11) is 0. The molecule has 1 saturated heterocycles. The molecule has 6 heteroatoms. The zero-order valence-corrected chi connectivity index (χ0v) is 16.2. The van der Waals surface area contributed by atoms with Gasteiger partial charge in [-0.25, -0.2) is 0 Å². The maximum absolute atomic E-state index is 12.2. The Morgan fingerprint density at radius 1 is 1.33 bits per heavy atom. The number of Topliss-reactive ketones (excluding diaryl/α,β-unsaturated/α-hetero) is 1. The van der Waals surface area contributed by atoms with Crippen molar-refractivity contribution in [3.05, 3.63) is 27.7 Å². The molecule has 1 amide bonds. The Hall–Kier alpha value is -1.07. The van der Waals surface area contributed by atoms with Crippen molar-refractivity contribution in [2.75, 3.05) is 19.7 Å². The molecule has 4 nitrogen and oxygen atoms in total. The van der Waals surface area contributed by atoms with E-state index in [1.54, 1.807) is 6.07 Å². The summed E-state index contributed by atoms with van der Waals surface area (Å²) in [5, 5.41) is 0.554. The Balaban J connectivity index is 1.68. The monoisotopic (exact) mass is 415 g/mol. The molecule has 1 aliphatic rings. The van der Waals surface area contributed by atoms with E-state index < -0.39 is 0 Å². The summed E-state index contributed by atoms with van der Waals surface area (Å²) in [4.78, 5) is 25.8. The first-order valence-electron chi connectivity index (χ1n) is 8.39. The van der Waals surface area contributed by atoms with Gasteiger partial charge in [-0.3, -0.25) is 9.59 Å². The van der Waals surface area contributed by atoms with E-state index >= 15 is 0 Å². The Morgan fingerprint density at radius 2 is 2.04 bits per heavy atom. The minimum atomic E-state index is 0.141. The highest BCUT2D eigenvalue weighted by molar-refractivity contribution is 9.10. The number of rotatable bonds is 7. The van der Waals surface area contributed by atoms with Crippen LogP contribution >= 0.6 is 27.5 Å². The van der Waals surface area contributed by atoms with Gasteiger partial charge in [0.2, 0.25) is 5.91 Å². The third-order valence-corrected chi connectivity index (χ3v) is 5.13. The first-order chi connectivity index (χ1) is 11.5. The van der Waals surface area contributed by atoms with Gasteiger partial charge in [0.15, 0.2) is 0 Å². The molecule has 0 radical (unpaired) electrons. The number of amides is 1. The van der Waals surface area contributed by atoms with Crippen molar-refractivity contribution in [3.8, 4) is 5.75 Å². The van der Waals surface area contributed by atoms with E-state index in [4.69, 9.17) is 16.3 Å². The molecule has 132 valence electrons. The van der Waals surface area contributed by atoms with Gasteiger partial charge < -0.3 is 9.64 Å². The smallest absolute Gasteiger partial charge is 0.222 e. The van der Waals surface area contributed by atoms with Gasteiger partial charge in [-0.15, -0.1) is 0 Å². The third kappa shape index (κ3) is 5.49. The number of likely N-dealkylation sites (tertiary alicyclic amines) is 1. The molecule has 1 aromatic carbocycles. The molecular weight excluding hydrogens is 394 g/mol. The number of hydrogen-bond acceptors (Lipinski definition) is 3. The normalized spacial score (nSPS) is 15.4. The van der Waals surface area contributed by atoms with Gasteiger partial charge in [-0.1, -0.05) is 34.5 Å². The second-order valence-corrected chi connectivity index (χ2v) is 7.32. The Labute approximate surface area is 156 Å². The van der Waals surface area contributed by atoms with Gasteiger partial charge in [0.25, 0.3) is 0 Å². The molecular formula is C18H23BrClNO3. The quantitative estimate of drug-likeness (QED) is 0.616. The number of nitrogens with zero attached hydrogens (tertiary/aromatic N) is 1. The molecule has 0 bridgehead atoms. The van der Waals surface area contributed by atoms with Gasteiger partial charge in [0.1, 0.15) is 11.5 Å². The van der Waals surface area contributed by atoms with E-state index in [0.29, 0.717) is 55.5 Å². The number of ether oxygens (including phenoxy) is 1. The molecule has 1 fully saturated rings. The minimum Gasteiger partial charge on any atom is -0.492 e. The average Bonchev–Trinajstić information content (AvgIpc) is 2.59. The largest absolute Gasteiger partial charge is 0.492 e. The number of ketones is 1. The van der Waals surface area contributed by atoms with Crippen molar-refractivity contribution >= 4 is 39.2 Å². The van der Waals surface area contributed by atoms with Crippen LogP contribution in [0.4, 0.5) is 0 Å². The van der Waals surface area contributed by atoms with Crippen LogP contribution in [0.5, 0.6) is 5.75 Å². The molecule has 0 aromatic heterocycles. The SMILES string of the molecule is CCC(=O)C1CCN(C(=O)CCCOc2ccc(Br)cc2Cl)CC1.